The molecular formula is C16H34N2O. The molecule has 0 aromatic heterocycles. The molecule has 0 saturated heterocycles. The minimum atomic E-state index is 0.724. The van der Waals surface area contributed by atoms with Crippen molar-refractivity contribution in [3.63, 3.8) is 0 Å². The van der Waals surface area contributed by atoms with Crippen LogP contribution in [0.3, 0.4) is 0 Å². The first kappa shape index (κ1) is 16.9. The molecule has 0 spiro atoms. The van der Waals surface area contributed by atoms with E-state index in [1.165, 1.54) is 25.8 Å². The quantitative estimate of drug-likeness (QED) is 0.652. The lowest BCUT2D eigenvalue weighted by atomic mass is 9.78. The summed E-state index contributed by atoms with van der Waals surface area (Å²) < 4.78 is 5.49. The molecule has 1 saturated carbocycles. The van der Waals surface area contributed by atoms with Gasteiger partial charge in [-0.05, 0) is 51.1 Å². The van der Waals surface area contributed by atoms with Gasteiger partial charge < -0.3 is 15.0 Å². The molecule has 19 heavy (non-hydrogen) atoms. The van der Waals surface area contributed by atoms with Gasteiger partial charge >= 0.3 is 0 Å². The van der Waals surface area contributed by atoms with Crippen molar-refractivity contribution >= 4 is 0 Å². The van der Waals surface area contributed by atoms with Gasteiger partial charge in [0.05, 0.1) is 6.61 Å². The number of hydrogen-bond donors (Lipinski definition) is 1. The Balaban J connectivity index is 2.43. The van der Waals surface area contributed by atoms with E-state index in [9.17, 15) is 0 Å². The van der Waals surface area contributed by atoms with Gasteiger partial charge in [-0.2, -0.15) is 0 Å². The average molecular weight is 270 g/mol. The topological polar surface area (TPSA) is 24.5 Å². The van der Waals surface area contributed by atoms with Crippen molar-refractivity contribution < 1.29 is 4.74 Å². The first-order valence-electron chi connectivity index (χ1n) is 8.24. The lowest BCUT2D eigenvalue weighted by molar-refractivity contribution is 0.0933. The number of ether oxygens (including phenoxy) is 1. The van der Waals surface area contributed by atoms with Crippen LogP contribution < -0.4 is 5.32 Å². The molecule has 0 radical (unpaired) electrons. The van der Waals surface area contributed by atoms with Crippen LogP contribution in [-0.4, -0.2) is 50.3 Å². The summed E-state index contributed by atoms with van der Waals surface area (Å²) >= 11 is 0. The van der Waals surface area contributed by atoms with E-state index in [1.54, 1.807) is 0 Å². The lowest BCUT2D eigenvalue weighted by Crippen LogP contribution is -2.46. The van der Waals surface area contributed by atoms with Crippen LogP contribution in [0.5, 0.6) is 0 Å². The van der Waals surface area contributed by atoms with Gasteiger partial charge in [0.1, 0.15) is 0 Å². The summed E-state index contributed by atoms with van der Waals surface area (Å²) in [6.07, 6.45) is 4.12. The van der Waals surface area contributed by atoms with Gasteiger partial charge in [-0.3, -0.25) is 0 Å². The first-order chi connectivity index (χ1) is 9.21. The second kappa shape index (κ2) is 9.73. The van der Waals surface area contributed by atoms with Crippen LogP contribution in [0.15, 0.2) is 0 Å². The second-order valence-electron chi connectivity index (χ2n) is 5.93. The van der Waals surface area contributed by atoms with Gasteiger partial charge in [0.2, 0.25) is 0 Å². The van der Waals surface area contributed by atoms with E-state index in [0.29, 0.717) is 0 Å². The molecule has 1 aliphatic carbocycles. The van der Waals surface area contributed by atoms with Gasteiger partial charge in [0, 0.05) is 25.7 Å². The summed E-state index contributed by atoms with van der Waals surface area (Å²) in [5.41, 5.74) is 0. The molecule has 1 aliphatic rings. The zero-order chi connectivity index (χ0) is 14.1. The van der Waals surface area contributed by atoms with Crippen LogP contribution in [0.25, 0.3) is 0 Å². The van der Waals surface area contributed by atoms with Crippen molar-refractivity contribution in [2.24, 2.45) is 11.8 Å². The van der Waals surface area contributed by atoms with E-state index in [2.05, 4.69) is 37.9 Å². The number of rotatable bonds is 9. The third kappa shape index (κ3) is 6.24. The summed E-state index contributed by atoms with van der Waals surface area (Å²) in [4.78, 5) is 2.56. The van der Waals surface area contributed by atoms with Crippen LogP contribution in [0, 0.1) is 11.8 Å². The molecule has 0 bridgehead atoms. The average Bonchev–Trinajstić information content (AvgIpc) is 2.41. The summed E-state index contributed by atoms with van der Waals surface area (Å²) in [7, 11) is 0. The maximum Gasteiger partial charge on any atom is 0.0593 e. The van der Waals surface area contributed by atoms with Crippen molar-refractivity contribution in [2.45, 2.75) is 53.0 Å². The maximum atomic E-state index is 5.49. The Labute approximate surface area is 120 Å². The van der Waals surface area contributed by atoms with Crippen LogP contribution >= 0.6 is 0 Å². The zero-order valence-corrected chi connectivity index (χ0v) is 13.5. The number of nitrogens with one attached hydrogen (secondary N) is 1. The highest BCUT2D eigenvalue weighted by Gasteiger charge is 2.29. The molecule has 3 heteroatoms. The van der Waals surface area contributed by atoms with E-state index in [1.807, 2.05) is 0 Å². The summed E-state index contributed by atoms with van der Waals surface area (Å²) in [6, 6.07) is 0.724. The highest BCUT2D eigenvalue weighted by molar-refractivity contribution is 4.85. The first-order valence-corrected chi connectivity index (χ1v) is 8.24. The summed E-state index contributed by atoms with van der Waals surface area (Å²) in [5, 5.41) is 3.69. The predicted molar refractivity (Wildman–Crippen MR) is 82.6 cm³/mol. The van der Waals surface area contributed by atoms with Crippen molar-refractivity contribution in [2.75, 3.05) is 39.4 Å². The molecule has 0 heterocycles. The molecule has 1 N–H and O–H groups in total. The predicted octanol–water partition coefficient (Wildman–Crippen LogP) is 2.76. The lowest BCUT2D eigenvalue weighted by Gasteiger charge is -2.38. The Bertz CT molecular complexity index is 223. The standard InChI is InChI=1S/C16H34N2O/c1-5-17-16-9-8-14(4)12-15(16)13-18(6-2)10-11-19-7-3/h14-17H,5-13H2,1-4H3. The Kier molecular flexibility index (Phi) is 8.67. The SMILES string of the molecule is CCNC1CCC(C)CC1CN(CC)CCOCC. The zero-order valence-electron chi connectivity index (χ0n) is 13.5. The molecule has 0 aromatic rings. The van der Waals surface area contributed by atoms with E-state index in [-0.39, 0.29) is 0 Å². The maximum absolute atomic E-state index is 5.49. The van der Waals surface area contributed by atoms with Gasteiger partial charge in [-0.25, -0.2) is 0 Å². The van der Waals surface area contributed by atoms with Gasteiger partial charge in [0.15, 0.2) is 0 Å². The fraction of sp³-hybridized carbons (Fsp3) is 1.00. The molecule has 114 valence electrons. The van der Waals surface area contributed by atoms with Crippen LogP contribution in [0.4, 0.5) is 0 Å². The molecule has 0 aliphatic heterocycles. The summed E-state index contributed by atoms with van der Waals surface area (Å²) in [5.74, 6) is 1.70. The van der Waals surface area contributed by atoms with E-state index in [4.69, 9.17) is 4.74 Å². The highest BCUT2D eigenvalue weighted by atomic mass is 16.5. The third-order valence-electron chi connectivity index (χ3n) is 4.41. The smallest absolute Gasteiger partial charge is 0.0593 e. The van der Waals surface area contributed by atoms with Crippen molar-refractivity contribution in [1.82, 2.24) is 10.2 Å². The van der Waals surface area contributed by atoms with Crippen molar-refractivity contribution in [3.05, 3.63) is 0 Å². The third-order valence-corrected chi connectivity index (χ3v) is 4.41. The minimum Gasteiger partial charge on any atom is -0.380 e. The fourth-order valence-corrected chi connectivity index (χ4v) is 3.28. The van der Waals surface area contributed by atoms with Crippen LogP contribution in [0.1, 0.15) is 47.0 Å². The molecule has 3 atom stereocenters. The highest BCUT2D eigenvalue weighted by Crippen LogP contribution is 2.29. The Morgan fingerprint density at radius 2 is 2.00 bits per heavy atom. The number of likely N-dealkylation sites (N-methyl/N-ethyl adjacent to an activating group) is 1. The second-order valence-corrected chi connectivity index (χ2v) is 5.93. The Hall–Kier alpha value is -0.120. The molecule has 0 amide bonds. The molecular weight excluding hydrogens is 236 g/mol. The molecule has 1 rings (SSSR count). The number of nitrogens with zero attached hydrogens (tertiary/aromatic N) is 1. The molecule has 3 nitrogen and oxygen atoms in total. The normalized spacial score (nSPS) is 27.9. The monoisotopic (exact) mass is 270 g/mol. The van der Waals surface area contributed by atoms with E-state index in [0.717, 1.165) is 50.7 Å². The number of hydrogen-bond acceptors (Lipinski definition) is 3. The minimum absolute atomic E-state index is 0.724. The van der Waals surface area contributed by atoms with E-state index >= 15 is 0 Å². The van der Waals surface area contributed by atoms with Gasteiger partial charge in [-0.1, -0.05) is 20.8 Å². The summed E-state index contributed by atoms with van der Waals surface area (Å²) in [6.45, 7) is 15.2. The van der Waals surface area contributed by atoms with Crippen molar-refractivity contribution in [3.8, 4) is 0 Å². The molecule has 3 unspecified atom stereocenters. The Morgan fingerprint density at radius 1 is 1.21 bits per heavy atom. The van der Waals surface area contributed by atoms with Gasteiger partial charge in [-0.15, -0.1) is 0 Å². The Morgan fingerprint density at radius 3 is 2.63 bits per heavy atom. The molecule has 1 fully saturated rings. The fourth-order valence-electron chi connectivity index (χ4n) is 3.28. The van der Waals surface area contributed by atoms with Crippen molar-refractivity contribution in [1.29, 1.82) is 0 Å². The largest absolute Gasteiger partial charge is 0.380 e. The van der Waals surface area contributed by atoms with Crippen LogP contribution in [-0.2, 0) is 4.74 Å². The van der Waals surface area contributed by atoms with E-state index < -0.39 is 0 Å². The molecule has 0 aromatic carbocycles. The van der Waals surface area contributed by atoms with Gasteiger partial charge in [0.25, 0.3) is 0 Å². The van der Waals surface area contributed by atoms with Crippen LogP contribution in [0.2, 0.25) is 0 Å².